The lowest BCUT2D eigenvalue weighted by atomic mass is 10.1. The van der Waals surface area contributed by atoms with E-state index in [4.69, 9.17) is 0 Å². The lowest BCUT2D eigenvalue weighted by molar-refractivity contribution is -0.132. The molecule has 20 heavy (non-hydrogen) atoms. The van der Waals surface area contributed by atoms with Gasteiger partial charge >= 0.3 is 0 Å². The van der Waals surface area contributed by atoms with Crippen LogP contribution < -0.4 is 5.32 Å². The second-order valence-electron chi connectivity index (χ2n) is 5.78. The molecule has 0 aromatic carbocycles. The van der Waals surface area contributed by atoms with Crippen molar-refractivity contribution in [2.75, 3.05) is 25.0 Å². The molecule has 1 N–H and O–H groups in total. The van der Waals surface area contributed by atoms with Crippen molar-refractivity contribution >= 4 is 11.7 Å². The summed E-state index contributed by atoms with van der Waals surface area (Å²) in [5, 5.41) is 3.35. The Labute approximate surface area is 120 Å². The van der Waals surface area contributed by atoms with E-state index in [0.717, 1.165) is 56.8 Å². The third kappa shape index (κ3) is 3.11. The first-order valence-corrected chi connectivity index (χ1v) is 7.83. The van der Waals surface area contributed by atoms with Crippen LogP contribution in [0.5, 0.6) is 0 Å². The molecule has 0 bridgehead atoms. The number of aryl methyl sites for hydroxylation is 2. The van der Waals surface area contributed by atoms with Gasteiger partial charge in [-0.3, -0.25) is 4.79 Å². The number of rotatable bonds is 3. The number of fused-ring (bicyclic) bond motifs is 1. The number of nitrogens with one attached hydrogen (secondary N) is 1. The molecular weight excluding hydrogens is 250 g/mol. The van der Waals surface area contributed by atoms with Crippen molar-refractivity contribution in [3.05, 3.63) is 23.4 Å². The van der Waals surface area contributed by atoms with Gasteiger partial charge in [-0.2, -0.15) is 0 Å². The van der Waals surface area contributed by atoms with E-state index in [9.17, 15) is 4.79 Å². The van der Waals surface area contributed by atoms with Gasteiger partial charge in [-0.25, -0.2) is 4.98 Å². The Kier molecular flexibility index (Phi) is 4.19. The highest BCUT2D eigenvalue weighted by molar-refractivity contribution is 5.76. The molecule has 4 heteroatoms. The van der Waals surface area contributed by atoms with Gasteiger partial charge in [0.15, 0.2) is 0 Å². The number of hydrogen-bond donors (Lipinski definition) is 1. The monoisotopic (exact) mass is 273 g/mol. The Balaban J connectivity index is 1.56. The van der Waals surface area contributed by atoms with Gasteiger partial charge < -0.3 is 10.2 Å². The molecule has 0 saturated carbocycles. The fraction of sp³-hybridized carbons (Fsp3) is 0.625. The Bertz CT molecular complexity index is 481. The average Bonchev–Trinajstić information content (AvgIpc) is 2.53. The Morgan fingerprint density at radius 3 is 2.90 bits per heavy atom. The van der Waals surface area contributed by atoms with Gasteiger partial charge in [0.1, 0.15) is 5.82 Å². The smallest absolute Gasteiger partial charge is 0.222 e. The van der Waals surface area contributed by atoms with E-state index < -0.39 is 0 Å². The van der Waals surface area contributed by atoms with Crippen LogP contribution in [0.25, 0.3) is 0 Å². The van der Waals surface area contributed by atoms with Gasteiger partial charge in [0.25, 0.3) is 0 Å². The highest BCUT2D eigenvalue weighted by Crippen LogP contribution is 2.20. The number of piperidine rings is 1. The summed E-state index contributed by atoms with van der Waals surface area (Å²) in [6.45, 7) is 2.90. The van der Waals surface area contributed by atoms with Crippen LogP contribution in [-0.4, -0.2) is 35.4 Å². The molecule has 1 fully saturated rings. The maximum atomic E-state index is 12.1. The van der Waals surface area contributed by atoms with E-state index in [1.807, 2.05) is 4.90 Å². The van der Waals surface area contributed by atoms with Crippen molar-refractivity contribution in [3.63, 3.8) is 0 Å². The van der Waals surface area contributed by atoms with E-state index in [1.54, 1.807) is 0 Å². The number of carbonyl (C=O) groups excluding carboxylic acids is 1. The van der Waals surface area contributed by atoms with Gasteiger partial charge in [-0.15, -0.1) is 0 Å². The fourth-order valence-electron chi connectivity index (χ4n) is 3.04. The largest absolute Gasteiger partial charge is 0.370 e. The predicted octanol–water partition coefficient (Wildman–Crippen LogP) is 2.38. The van der Waals surface area contributed by atoms with Crippen LogP contribution in [0.3, 0.4) is 0 Å². The SMILES string of the molecule is O=C(CCc1ccc2c(n1)NCCC2)N1CCCCC1. The third-order valence-electron chi connectivity index (χ3n) is 4.26. The maximum absolute atomic E-state index is 12.1. The molecule has 3 heterocycles. The molecule has 108 valence electrons. The lowest BCUT2D eigenvalue weighted by Crippen LogP contribution is -2.35. The van der Waals surface area contributed by atoms with Crippen molar-refractivity contribution in [3.8, 4) is 0 Å². The minimum absolute atomic E-state index is 0.289. The third-order valence-corrected chi connectivity index (χ3v) is 4.26. The summed E-state index contributed by atoms with van der Waals surface area (Å²) in [4.78, 5) is 18.8. The predicted molar refractivity (Wildman–Crippen MR) is 79.8 cm³/mol. The molecule has 1 saturated heterocycles. The van der Waals surface area contributed by atoms with Crippen LogP contribution >= 0.6 is 0 Å². The summed E-state index contributed by atoms with van der Waals surface area (Å²) in [5.74, 6) is 1.32. The van der Waals surface area contributed by atoms with E-state index >= 15 is 0 Å². The lowest BCUT2D eigenvalue weighted by Gasteiger charge is -2.26. The van der Waals surface area contributed by atoms with Crippen LogP contribution in [-0.2, 0) is 17.6 Å². The fourth-order valence-corrected chi connectivity index (χ4v) is 3.04. The first-order chi connectivity index (χ1) is 9.83. The zero-order valence-electron chi connectivity index (χ0n) is 12.0. The Hall–Kier alpha value is -1.58. The Morgan fingerprint density at radius 1 is 1.20 bits per heavy atom. The van der Waals surface area contributed by atoms with E-state index in [2.05, 4.69) is 22.4 Å². The number of anilines is 1. The number of amides is 1. The number of hydrogen-bond acceptors (Lipinski definition) is 3. The number of aromatic nitrogens is 1. The zero-order valence-corrected chi connectivity index (χ0v) is 12.0. The second-order valence-corrected chi connectivity index (χ2v) is 5.78. The molecule has 0 unspecified atom stereocenters. The number of likely N-dealkylation sites (tertiary alicyclic amines) is 1. The van der Waals surface area contributed by atoms with Crippen LogP contribution in [0.15, 0.2) is 12.1 Å². The molecule has 2 aliphatic rings. The summed E-state index contributed by atoms with van der Waals surface area (Å²) >= 11 is 0. The minimum atomic E-state index is 0.289. The molecule has 0 atom stereocenters. The normalized spacial score (nSPS) is 18.3. The van der Waals surface area contributed by atoms with Gasteiger partial charge in [-0.1, -0.05) is 6.07 Å². The van der Waals surface area contributed by atoms with E-state index in [1.165, 1.54) is 18.4 Å². The van der Waals surface area contributed by atoms with Crippen molar-refractivity contribution in [1.82, 2.24) is 9.88 Å². The summed E-state index contributed by atoms with van der Waals surface area (Å²) in [7, 11) is 0. The Morgan fingerprint density at radius 2 is 2.05 bits per heavy atom. The number of carbonyl (C=O) groups is 1. The molecule has 2 aliphatic heterocycles. The number of pyridine rings is 1. The summed E-state index contributed by atoms with van der Waals surface area (Å²) in [5.41, 5.74) is 2.34. The topological polar surface area (TPSA) is 45.2 Å². The van der Waals surface area contributed by atoms with Gasteiger partial charge in [-0.05, 0) is 50.2 Å². The molecule has 1 amide bonds. The van der Waals surface area contributed by atoms with Crippen LogP contribution in [0.4, 0.5) is 5.82 Å². The van der Waals surface area contributed by atoms with Crippen LogP contribution in [0, 0.1) is 0 Å². The van der Waals surface area contributed by atoms with Crippen LogP contribution in [0.1, 0.15) is 43.4 Å². The standard InChI is InChI=1S/C16H23N3O/c20-15(19-11-2-1-3-12-19)9-8-14-7-6-13-5-4-10-17-16(13)18-14/h6-7H,1-5,8-12H2,(H,17,18). The highest BCUT2D eigenvalue weighted by Gasteiger charge is 2.17. The highest BCUT2D eigenvalue weighted by atomic mass is 16.2. The quantitative estimate of drug-likeness (QED) is 0.919. The second kappa shape index (κ2) is 6.25. The van der Waals surface area contributed by atoms with Crippen LogP contribution in [0.2, 0.25) is 0 Å². The summed E-state index contributed by atoms with van der Waals surface area (Å²) < 4.78 is 0. The van der Waals surface area contributed by atoms with Crippen molar-refractivity contribution in [1.29, 1.82) is 0 Å². The first kappa shape index (κ1) is 13.4. The zero-order chi connectivity index (χ0) is 13.8. The molecule has 4 nitrogen and oxygen atoms in total. The molecule has 1 aromatic rings. The maximum Gasteiger partial charge on any atom is 0.222 e. The molecular formula is C16H23N3O. The molecule has 0 aliphatic carbocycles. The first-order valence-electron chi connectivity index (χ1n) is 7.83. The van der Waals surface area contributed by atoms with E-state index in [0.29, 0.717) is 6.42 Å². The molecule has 0 radical (unpaired) electrons. The van der Waals surface area contributed by atoms with Gasteiger partial charge in [0, 0.05) is 31.7 Å². The molecule has 3 rings (SSSR count). The minimum Gasteiger partial charge on any atom is -0.370 e. The van der Waals surface area contributed by atoms with Crippen molar-refractivity contribution < 1.29 is 4.79 Å². The average molecular weight is 273 g/mol. The summed E-state index contributed by atoms with van der Waals surface area (Å²) in [6, 6.07) is 4.24. The van der Waals surface area contributed by atoms with E-state index in [-0.39, 0.29) is 5.91 Å². The van der Waals surface area contributed by atoms with Gasteiger partial charge in [0.2, 0.25) is 5.91 Å². The molecule has 1 aromatic heterocycles. The van der Waals surface area contributed by atoms with Crippen molar-refractivity contribution in [2.24, 2.45) is 0 Å². The summed E-state index contributed by atoms with van der Waals surface area (Å²) in [6.07, 6.45) is 7.22. The van der Waals surface area contributed by atoms with Gasteiger partial charge in [0.05, 0.1) is 0 Å². The molecule has 0 spiro atoms. The van der Waals surface area contributed by atoms with Crippen molar-refractivity contribution in [2.45, 2.75) is 44.9 Å². The number of nitrogens with zero attached hydrogens (tertiary/aromatic N) is 2.